The Labute approximate surface area is 152 Å². The van der Waals surface area contributed by atoms with Crippen LogP contribution in [0, 0.1) is 6.92 Å². The van der Waals surface area contributed by atoms with E-state index in [4.69, 9.17) is 10.2 Å². The maximum absolute atomic E-state index is 13.0. The van der Waals surface area contributed by atoms with E-state index in [1.807, 2.05) is 4.90 Å². The molecule has 0 radical (unpaired) electrons. The maximum atomic E-state index is 13.0. The second-order valence-electron chi connectivity index (χ2n) is 8.59. The normalized spacial score (nSPS) is 18.6. The molecular weight excluding hydrogens is 332 g/mol. The lowest BCUT2D eigenvalue weighted by Crippen LogP contribution is -2.46. The van der Waals surface area contributed by atoms with Crippen LogP contribution in [0.25, 0.3) is 0 Å². The van der Waals surface area contributed by atoms with Gasteiger partial charge in [0.1, 0.15) is 5.75 Å². The summed E-state index contributed by atoms with van der Waals surface area (Å²) < 4.78 is 6.33. The molecule has 1 aliphatic rings. The van der Waals surface area contributed by atoms with Crippen molar-refractivity contribution in [3.8, 4) is 5.75 Å². The average Bonchev–Trinajstić information content (AvgIpc) is 2.95. The van der Waals surface area contributed by atoms with E-state index in [0.717, 1.165) is 12.8 Å². The second kappa shape index (κ2) is 7.00. The lowest BCUT2D eigenvalue weighted by atomic mass is 10.1. The van der Waals surface area contributed by atoms with Crippen LogP contribution in [0.3, 0.4) is 0 Å². The van der Waals surface area contributed by atoms with Crippen LogP contribution in [0.5, 0.6) is 5.75 Å². The summed E-state index contributed by atoms with van der Waals surface area (Å²) in [5, 5.41) is 10.1. The largest absolute Gasteiger partial charge is 0.508 e. The Morgan fingerprint density at radius 3 is 2.64 bits per heavy atom. The Morgan fingerprint density at radius 2 is 2.04 bits per heavy atom. The number of aromatic hydroxyl groups is 1. The van der Waals surface area contributed by atoms with Crippen molar-refractivity contribution in [2.24, 2.45) is 0 Å². The minimum atomic E-state index is -1.85. The zero-order valence-corrected chi connectivity index (χ0v) is 17.3. The van der Waals surface area contributed by atoms with Gasteiger partial charge in [0.15, 0.2) is 8.32 Å². The number of likely N-dealkylation sites (tertiary alicyclic amines) is 1. The number of anilines is 1. The molecule has 1 amide bonds. The fourth-order valence-corrected chi connectivity index (χ4v) is 3.90. The number of carbonyl (C=O) groups excluding carboxylic acids is 1. The highest BCUT2D eigenvalue weighted by atomic mass is 28.4. The quantitative estimate of drug-likeness (QED) is 0.482. The molecule has 1 saturated heterocycles. The van der Waals surface area contributed by atoms with Crippen LogP contribution in [0.15, 0.2) is 12.1 Å². The summed E-state index contributed by atoms with van der Waals surface area (Å²) in [6, 6.07) is 3.21. The average molecular weight is 365 g/mol. The molecule has 0 spiro atoms. The third-order valence-corrected chi connectivity index (χ3v) is 10.2. The van der Waals surface area contributed by atoms with Crippen molar-refractivity contribution in [2.45, 2.75) is 64.7 Å². The fourth-order valence-electron chi connectivity index (χ4n) is 2.86. The van der Waals surface area contributed by atoms with Crippen LogP contribution < -0.4 is 5.73 Å². The van der Waals surface area contributed by atoms with Crippen LogP contribution in [0.4, 0.5) is 5.69 Å². The molecular formula is C19H32N2O3Si. The van der Waals surface area contributed by atoms with Gasteiger partial charge in [0.2, 0.25) is 0 Å². The molecule has 1 aromatic rings. The van der Waals surface area contributed by atoms with Gasteiger partial charge in [0, 0.05) is 12.2 Å². The van der Waals surface area contributed by atoms with Crippen LogP contribution in [0.2, 0.25) is 18.1 Å². The van der Waals surface area contributed by atoms with Gasteiger partial charge in [-0.25, -0.2) is 0 Å². The number of hydrogen-bond donors (Lipinski definition) is 2. The Kier molecular flexibility index (Phi) is 5.54. The third-order valence-electron chi connectivity index (χ3n) is 5.68. The van der Waals surface area contributed by atoms with Crippen LogP contribution >= 0.6 is 0 Å². The summed E-state index contributed by atoms with van der Waals surface area (Å²) in [5.41, 5.74) is 7.49. The van der Waals surface area contributed by atoms with Gasteiger partial charge in [-0.05, 0) is 55.6 Å². The molecule has 0 bridgehead atoms. The SMILES string of the molecule is Cc1cc(N)c(C(=O)N2CCC[C@H]2CO[Si](C)(C)C(C)(C)C)cc1O. The van der Waals surface area contributed by atoms with Gasteiger partial charge in [-0.1, -0.05) is 20.8 Å². The molecule has 0 saturated carbocycles. The number of phenolic OH excluding ortho intramolecular Hbond substituents is 1. The van der Waals surface area contributed by atoms with Gasteiger partial charge in [-0.3, -0.25) is 4.79 Å². The van der Waals surface area contributed by atoms with Gasteiger partial charge in [-0.15, -0.1) is 0 Å². The highest BCUT2D eigenvalue weighted by molar-refractivity contribution is 6.74. The molecule has 1 aliphatic heterocycles. The highest BCUT2D eigenvalue weighted by Gasteiger charge is 2.39. The van der Waals surface area contributed by atoms with Crippen molar-refractivity contribution >= 4 is 19.9 Å². The minimum Gasteiger partial charge on any atom is -0.508 e. The van der Waals surface area contributed by atoms with Gasteiger partial charge < -0.3 is 20.2 Å². The summed E-state index contributed by atoms with van der Waals surface area (Å²) in [6.07, 6.45) is 1.91. The molecule has 1 heterocycles. The summed E-state index contributed by atoms with van der Waals surface area (Å²) in [5.74, 6) is -0.0139. The second-order valence-corrected chi connectivity index (χ2v) is 13.4. The molecule has 1 fully saturated rings. The van der Waals surface area contributed by atoms with Crippen molar-refractivity contribution in [2.75, 3.05) is 18.9 Å². The van der Waals surface area contributed by atoms with E-state index >= 15 is 0 Å². The van der Waals surface area contributed by atoms with Gasteiger partial charge >= 0.3 is 0 Å². The minimum absolute atomic E-state index is 0.0736. The lowest BCUT2D eigenvalue weighted by molar-refractivity contribution is 0.0684. The van der Waals surface area contributed by atoms with Crippen molar-refractivity contribution in [1.29, 1.82) is 0 Å². The number of nitrogens with two attached hydrogens (primary N) is 1. The predicted octanol–water partition coefficient (Wildman–Crippen LogP) is 3.91. The molecule has 25 heavy (non-hydrogen) atoms. The number of carbonyl (C=O) groups is 1. The first kappa shape index (κ1) is 19.8. The molecule has 2 rings (SSSR count). The third kappa shape index (κ3) is 4.18. The number of aryl methyl sites for hydroxylation is 1. The first-order valence-electron chi connectivity index (χ1n) is 8.98. The van der Waals surface area contributed by atoms with Crippen LogP contribution in [-0.4, -0.2) is 43.4 Å². The monoisotopic (exact) mass is 364 g/mol. The summed E-state index contributed by atoms with van der Waals surface area (Å²) in [7, 11) is -1.85. The van der Waals surface area contributed by atoms with E-state index in [-0.39, 0.29) is 22.7 Å². The molecule has 0 aromatic heterocycles. The lowest BCUT2D eigenvalue weighted by Gasteiger charge is -2.38. The number of rotatable bonds is 4. The number of nitrogens with zero attached hydrogens (tertiary/aromatic N) is 1. The molecule has 1 atom stereocenters. The highest BCUT2D eigenvalue weighted by Crippen LogP contribution is 2.37. The maximum Gasteiger partial charge on any atom is 0.256 e. The van der Waals surface area contributed by atoms with Crippen molar-refractivity contribution in [1.82, 2.24) is 4.90 Å². The molecule has 5 nitrogen and oxygen atoms in total. The summed E-state index contributed by atoms with van der Waals surface area (Å²) >= 11 is 0. The van der Waals surface area contributed by atoms with Crippen LogP contribution in [0.1, 0.15) is 49.5 Å². The Morgan fingerprint density at radius 1 is 1.40 bits per heavy atom. The fraction of sp³-hybridized carbons (Fsp3) is 0.632. The summed E-state index contributed by atoms with van der Waals surface area (Å²) in [6.45, 7) is 14.1. The van der Waals surface area contributed by atoms with Crippen molar-refractivity contribution in [3.05, 3.63) is 23.3 Å². The van der Waals surface area contributed by atoms with E-state index in [1.165, 1.54) is 6.07 Å². The van der Waals surface area contributed by atoms with E-state index < -0.39 is 8.32 Å². The van der Waals surface area contributed by atoms with Gasteiger partial charge in [0.25, 0.3) is 5.91 Å². The Bertz CT molecular complexity index is 653. The number of nitrogen functional groups attached to an aromatic ring is 1. The molecule has 6 heteroatoms. The van der Waals surface area contributed by atoms with Gasteiger partial charge in [0.05, 0.1) is 18.2 Å². The zero-order chi connectivity index (χ0) is 19.0. The van der Waals surface area contributed by atoms with E-state index in [9.17, 15) is 9.90 Å². The molecule has 140 valence electrons. The Balaban J connectivity index is 2.14. The molecule has 3 N–H and O–H groups in total. The standard InChI is InChI=1S/C19H32N2O3Si/c1-13-10-16(20)15(11-17(13)22)18(23)21-9-7-8-14(21)12-24-25(5,6)19(2,3)4/h10-11,14,22H,7-9,12,20H2,1-6H3/t14-/m0/s1. The van der Waals surface area contributed by atoms with Crippen molar-refractivity contribution < 1.29 is 14.3 Å². The predicted molar refractivity (Wildman–Crippen MR) is 104 cm³/mol. The molecule has 0 unspecified atom stereocenters. The van der Waals surface area contributed by atoms with Gasteiger partial charge in [-0.2, -0.15) is 0 Å². The number of benzene rings is 1. The first-order chi connectivity index (χ1) is 11.4. The van der Waals surface area contributed by atoms with E-state index in [2.05, 4.69) is 33.9 Å². The van der Waals surface area contributed by atoms with E-state index in [1.54, 1.807) is 13.0 Å². The zero-order valence-electron chi connectivity index (χ0n) is 16.3. The molecule has 0 aliphatic carbocycles. The first-order valence-corrected chi connectivity index (χ1v) is 11.9. The number of hydrogen-bond acceptors (Lipinski definition) is 4. The number of phenols is 1. The molecule has 1 aromatic carbocycles. The number of amides is 1. The van der Waals surface area contributed by atoms with E-state index in [0.29, 0.717) is 30.0 Å². The smallest absolute Gasteiger partial charge is 0.256 e. The van der Waals surface area contributed by atoms with Crippen LogP contribution in [-0.2, 0) is 4.43 Å². The summed E-state index contributed by atoms with van der Waals surface area (Å²) in [4.78, 5) is 14.8. The Hall–Kier alpha value is -1.53. The topological polar surface area (TPSA) is 75.8 Å². The van der Waals surface area contributed by atoms with Crippen molar-refractivity contribution in [3.63, 3.8) is 0 Å².